The minimum atomic E-state index is -0.979. The third-order valence-electron chi connectivity index (χ3n) is 14.0. The lowest BCUT2D eigenvalue weighted by Gasteiger charge is -2.35. The molecule has 5 aromatic rings. The number of piperazine rings is 1. The molecule has 0 aliphatic carbocycles. The highest BCUT2D eigenvalue weighted by atomic mass is 35.5. The number of hydroxylamine groups is 1. The monoisotopic (exact) mass is 1180 g/mol. The molecule has 0 saturated carbocycles. The van der Waals surface area contributed by atoms with Gasteiger partial charge in [-0.05, 0) is 48.6 Å². The molecule has 2 aliphatic rings. The van der Waals surface area contributed by atoms with Gasteiger partial charge in [-0.1, -0.05) is 62.7 Å². The number of halogens is 3. The number of hydrogen-bond donors (Lipinski definition) is 6. The highest BCUT2D eigenvalue weighted by molar-refractivity contribution is 7.13. The molecule has 0 spiro atoms. The Morgan fingerprint density at radius 1 is 0.915 bits per heavy atom. The maximum atomic E-state index is 16.5. The zero-order chi connectivity index (χ0) is 59.1. The number of primary amides is 1. The predicted octanol–water partition coefficient (Wildman–Crippen LogP) is 5.67. The molecule has 4 heterocycles. The molecule has 7 N–H and O–H groups in total. The summed E-state index contributed by atoms with van der Waals surface area (Å²) in [7, 11) is 1.64. The molecule has 2 saturated heterocycles. The van der Waals surface area contributed by atoms with Crippen molar-refractivity contribution in [3.8, 4) is 27.3 Å². The van der Waals surface area contributed by atoms with Crippen LogP contribution in [0.2, 0.25) is 5.02 Å². The van der Waals surface area contributed by atoms with E-state index in [4.69, 9.17) is 41.1 Å². The Hall–Kier alpha value is -6.42. The highest BCUT2D eigenvalue weighted by Crippen LogP contribution is 2.43. The molecule has 3 aromatic carbocycles. The summed E-state index contributed by atoms with van der Waals surface area (Å²) in [6.45, 7) is 13.6. The summed E-state index contributed by atoms with van der Waals surface area (Å²) < 4.78 is 53.9. The summed E-state index contributed by atoms with van der Waals surface area (Å²) in [5.74, 6) is -2.98. The second kappa shape index (κ2) is 29.7. The molecule has 22 nitrogen and oxygen atoms in total. The Morgan fingerprint density at radius 3 is 2.17 bits per heavy atom. The van der Waals surface area contributed by atoms with Gasteiger partial charge in [0.25, 0.3) is 0 Å². The molecule has 446 valence electrons. The van der Waals surface area contributed by atoms with Crippen molar-refractivity contribution in [2.24, 2.45) is 11.1 Å². The number of fused-ring (bicyclic) bond motifs is 1. The fourth-order valence-electron chi connectivity index (χ4n) is 9.40. The minimum Gasteiger partial charge on any atom is -0.507 e. The van der Waals surface area contributed by atoms with E-state index in [0.717, 1.165) is 27.8 Å². The molecule has 82 heavy (non-hydrogen) atoms. The first-order chi connectivity index (χ1) is 39.2. The average Bonchev–Trinajstić information content (AvgIpc) is 4.14. The van der Waals surface area contributed by atoms with Crippen molar-refractivity contribution in [1.29, 1.82) is 0 Å². The summed E-state index contributed by atoms with van der Waals surface area (Å²) in [4.78, 5) is 78.8. The summed E-state index contributed by atoms with van der Waals surface area (Å²) in [6.07, 6.45) is -0.695. The van der Waals surface area contributed by atoms with E-state index in [9.17, 15) is 33.8 Å². The van der Waals surface area contributed by atoms with Crippen LogP contribution in [0.15, 0.2) is 54.0 Å². The van der Waals surface area contributed by atoms with Crippen molar-refractivity contribution in [3.05, 3.63) is 82.0 Å². The second-order valence-electron chi connectivity index (χ2n) is 21.0. The number of aliphatic hydroxyl groups is 1. The molecule has 7 rings (SSSR count). The number of anilines is 2. The third-order valence-corrected chi connectivity index (χ3v) is 15.3. The number of phenolic OH excluding ortho intramolecular Hbond substituents is 1. The van der Waals surface area contributed by atoms with Gasteiger partial charge in [0.2, 0.25) is 23.7 Å². The molecular formula is C56H74ClF2N11O11S. The first-order valence-corrected chi connectivity index (χ1v) is 28.4. The van der Waals surface area contributed by atoms with Crippen LogP contribution in [0.5, 0.6) is 5.75 Å². The number of nitrogens with one attached hydrogen (secondary N) is 3. The number of thiazole rings is 1. The highest BCUT2D eigenvalue weighted by Gasteiger charge is 2.44. The summed E-state index contributed by atoms with van der Waals surface area (Å²) in [5, 5.41) is 27.2. The van der Waals surface area contributed by atoms with Gasteiger partial charge in [0, 0.05) is 76.7 Å². The number of rotatable bonds is 28. The minimum absolute atomic E-state index is 0.00739. The van der Waals surface area contributed by atoms with E-state index in [1.807, 2.05) is 69.3 Å². The first-order valence-electron chi connectivity index (χ1n) is 27.2. The van der Waals surface area contributed by atoms with Crippen molar-refractivity contribution < 1.29 is 62.0 Å². The van der Waals surface area contributed by atoms with Gasteiger partial charge >= 0.3 is 6.03 Å². The van der Waals surface area contributed by atoms with Crippen molar-refractivity contribution in [2.75, 3.05) is 123 Å². The number of aryl methyl sites for hydroxylation is 1. The molecule has 2 fully saturated rings. The maximum Gasteiger partial charge on any atom is 0.314 e. The lowest BCUT2D eigenvalue weighted by atomic mass is 9.86. The number of nitrogens with zero attached hydrogens (tertiary/aromatic N) is 7. The summed E-state index contributed by atoms with van der Waals surface area (Å²) >= 11 is 8.13. The van der Waals surface area contributed by atoms with E-state index in [1.54, 1.807) is 18.4 Å². The number of urea groups is 1. The Morgan fingerprint density at radius 2 is 1.56 bits per heavy atom. The molecule has 26 heteroatoms. The van der Waals surface area contributed by atoms with Gasteiger partial charge in [-0.2, -0.15) is 10.5 Å². The van der Waals surface area contributed by atoms with Gasteiger partial charge in [0.15, 0.2) is 5.82 Å². The number of nitrogens with two attached hydrogens (primary N) is 1. The van der Waals surface area contributed by atoms with E-state index in [2.05, 4.69) is 31.1 Å². The number of aromatic hydroxyl groups is 1. The fraction of sp³-hybridized carbons (Fsp3) is 0.518. The van der Waals surface area contributed by atoms with Gasteiger partial charge in [0.05, 0.1) is 98.3 Å². The van der Waals surface area contributed by atoms with Gasteiger partial charge in [0.1, 0.15) is 35.0 Å². The number of likely N-dealkylation sites (tertiary alicyclic amines) is 1. The normalized spacial score (nSPS) is 16.4. The van der Waals surface area contributed by atoms with E-state index >= 15 is 4.39 Å². The van der Waals surface area contributed by atoms with Crippen LogP contribution in [0.3, 0.4) is 0 Å². The smallest absolute Gasteiger partial charge is 0.314 e. The van der Waals surface area contributed by atoms with Gasteiger partial charge in [-0.25, -0.2) is 23.5 Å². The fourth-order valence-corrected chi connectivity index (χ4v) is 10.5. The van der Waals surface area contributed by atoms with Crippen LogP contribution < -0.4 is 26.7 Å². The van der Waals surface area contributed by atoms with Crippen LogP contribution in [-0.2, 0) is 38.2 Å². The zero-order valence-corrected chi connectivity index (χ0v) is 48.6. The topological polar surface area (TPSA) is 269 Å². The largest absolute Gasteiger partial charge is 0.507 e. The molecule has 2 aliphatic heterocycles. The Labute approximate surface area is 484 Å². The number of aliphatic hydroxyl groups excluding tert-OH is 1. The zero-order valence-electron chi connectivity index (χ0n) is 47.1. The number of phenols is 1. The van der Waals surface area contributed by atoms with Gasteiger partial charge in [-0.15, -0.1) is 11.3 Å². The van der Waals surface area contributed by atoms with E-state index in [-0.39, 0.29) is 110 Å². The number of hydrogen-bond acceptors (Lipinski definition) is 18. The van der Waals surface area contributed by atoms with E-state index in [0.29, 0.717) is 65.1 Å². The van der Waals surface area contributed by atoms with Crippen LogP contribution >= 0.6 is 22.9 Å². The lowest BCUT2D eigenvalue weighted by molar-refractivity contribution is -0.148. The molecule has 0 radical (unpaired) electrons. The molecule has 2 aromatic heterocycles. The quantitative estimate of drug-likeness (QED) is 0.0260. The van der Waals surface area contributed by atoms with Crippen LogP contribution in [0, 0.1) is 24.0 Å². The van der Waals surface area contributed by atoms with Crippen molar-refractivity contribution in [2.45, 2.75) is 71.7 Å². The summed E-state index contributed by atoms with van der Waals surface area (Å²) in [5.41, 5.74) is 11.5. The molecule has 5 amide bonds. The number of carbonyl (C=O) groups excluding carboxylic acids is 4. The maximum absolute atomic E-state index is 16.5. The molecular weight excluding hydrogens is 1110 g/mol. The van der Waals surface area contributed by atoms with Crippen molar-refractivity contribution >= 4 is 69.4 Å². The molecule has 0 bridgehead atoms. The predicted molar refractivity (Wildman–Crippen MR) is 306 cm³/mol. The number of likely N-dealkylation sites (N-methyl/N-ethyl adjacent to an activating group) is 1. The standard InChI is InChI=1S/C56H74ClF2N11O11S/c1-34(36-10-12-37(13-11-36)49-35(2)62-33-82-49)63-52(74)42-30-38(71)32-70(42)53(75)50(56(3,4)5)66-81-29-28-80-27-26-79-25-24-78-23-22-77-21-20-67(6)44(73)14-15-61-55-64-48-39(51(65-55)68-16-18-69(19-17-68)54(60)76)31-40(57)45(47(48)59)46-41(58)8-7-9-43(46)72/h7-13,31,33-34,38,42,50,66,71-72H,14-30,32H2,1-6H3,(H2,60,76)(H,63,74)(H,61,64,65)/t34-,38+,42-,50+/m0/s1. The first kappa shape index (κ1) is 63.2. The number of β-amino-alcohol motifs (C(OH)–C–C–N with tert-alkyl or cyclic N) is 1. The second-order valence-corrected chi connectivity index (χ2v) is 22.2. The Bertz CT molecular complexity index is 2950. The average molecular weight is 1180 g/mol. The lowest BCUT2D eigenvalue weighted by Crippen LogP contribution is -2.56. The third kappa shape index (κ3) is 16.6. The Balaban J connectivity index is 0.744. The van der Waals surface area contributed by atoms with Gasteiger partial charge < -0.3 is 65.1 Å². The van der Waals surface area contributed by atoms with Crippen LogP contribution in [-0.4, -0.2) is 194 Å². The van der Waals surface area contributed by atoms with Gasteiger partial charge in [-0.3, -0.25) is 19.2 Å². The molecule has 4 atom stereocenters. The van der Waals surface area contributed by atoms with Crippen molar-refractivity contribution in [3.63, 3.8) is 0 Å². The SMILES string of the molecule is Cc1ncsc1-c1ccc([C@H](C)NC(=O)[C@@H]2C[C@@H](O)CN2C(=O)[C@@H](NOCCOCCOCCOCCOCCN(C)C(=O)CCNc2nc(N3CCN(C(N)=O)CC3)c3cc(Cl)c(-c4c(O)cccc4F)c(F)c3n2)C(C)(C)C)cc1. The van der Waals surface area contributed by atoms with Crippen LogP contribution in [0.4, 0.5) is 25.3 Å². The van der Waals surface area contributed by atoms with Crippen LogP contribution in [0.1, 0.15) is 57.8 Å². The van der Waals surface area contributed by atoms with E-state index in [1.165, 1.54) is 32.9 Å². The number of ether oxygens (including phenoxy) is 4. The van der Waals surface area contributed by atoms with E-state index < -0.39 is 52.6 Å². The number of benzene rings is 3. The number of amides is 5. The number of aromatic nitrogens is 3. The number of carbonyl (C=O) groups is 4. The Kier molecular flexibility index (Phi) is 22.9. The molecule has 0 unspecified atom stereocenters. The summed E-state index contributed by atoms with van der Waals surface area (Å²) in [6, 6.07) is 10.4. The van der Waals surface area contributed by atoms with Crippen molar-refractivity contribution in [1.82, 2.24) is 40.4 Å². The van der Waals surface area contributed by atoms with Crippen LogP contribution in [0.25, 0.3) is 32.5 Å².